The second-order valence-electron chi connectivity index (χ2n) is 4.56. The number of nitrogens with zero attached hydrogens (tertiary/aromatic N) is 1. The van der Waals surface area contributed by atoms with Crippen LogP contribution in [0.3, 0.4) is 0 Å². The summed E-state index contributed by atoms with van der Waals surface area (Å²) in [7, 11) is 0. The van der Waals surface area contributed by atoms with E-state index in [1.165, 1.54) is 32.1 Å². The normalized spacial score (nSPS) is 25.4. The van der Waals surface area contributed by atoms with E-state index in [-0.39, 0.29) is 0 Å². The minimum absolute atomic E-state index is 0.582. The number of rotatable bonds is 3. The van der Waals surface area contributed by atoms with E-state index in [2.05, 4.69) is 17.2 Å². The Morgan fingerprint density at radius 1 is 1.44 bits per heavy atom. The number of anilines is 1. The van der Waals surface area contributed by atoms with E-state index in [1.54, 1.807) is 12.4 Å². The van der Waals surface area contributed by atoms with Crippen molar-refractivity contribution < 1.29 is 0 Å². The number of nitrogens with one attached hydrogen (secondary N) is 1. The van der Waals surface area contributed by atoms with Crippen LogP contribution in [0.1, 0.15) is 39.0 Å². The number of aromatic nitrogens is 1. The van der Waals surface area contributed by atoms with Crippen LogP contribution < -0.4 is 5.32 Å². The predicted octanol–water partition coefficient (Wildman–Crippen LogP) is 4.12. The van der Waals surface area contributed by atoms with Gasteiger partial charge in [0.2, 0.25) is 0 Å². The van der Waals surface area contributed by atoms with Crippen molar-refractivity contribution >= 4 is 17.3 Å². The zero-order valence-corrected chi connectivity index (χ0v) is 10.5. The first kappa shape index (κ1) is 11.7. The first-order valence-electron chi connectivity index (χ1n) is 6.17. The second-order valence-corrected chi connectivity index (χ2v) is 4.97. The average molecular weight is 239 g/mol. The van der Waals surface area contributed by atoms with Gasteiger partial charge in [-0.15, -0.1) is 0 Å². The summed E-state index contributed by atoms with van der Waals surface area (Å²) < 4.78 is 0. The van der Waals surface area contributed by atoms with Crippen LogP contribution in [0.4, 0.5) is 5.69 Å². The van der Waals surface area contributed by atoms with Gasteiger partial charge in [0, 0.05) is 18.4 Å². The van der Waals surface area contributed by atoms with Crippen LogP contribution in [0.5, 0.6) is 0 Å². The zero-order chi connectivity index (χ0) is 11.4. The lowest BCUT2D eigenvalue weighted by atomic mass is 9.83. The number of halogens is 1. The Morgan fingerprint density at radius 3 is 3.00 bits per heavy atom. The zero-order valence-electron chi connectivity index (χ0n) is 9.75. The molecule has 0 spiro atoms. The molecule has 1 aliphatic rings. The van der Waals surface area contributed by atoms with Crippen molar-refractivity contribution in [2.75, 3.05) is 5.32 Å². The largest absolute Gasteiger partial charge is 0.381 e. The lowest BCUT2D eigenvalue weighted by Crippen LogP contribution is -2.31. The number of hydrogen-bond donors (Lipinski definition) is 1. The molecule has 0 aliphatic heterocycles. The highest BCUT2D eigenvalue weighted by atomic mass is 35.5. The SMILES string of the molecule is CCC1CCCCC1Nc1ccncc1Cl. The Kier molecular flexibility index (Phi) is 4.05. The maximum Gasteiger partial charge on any atom is 0.0820 e. The molecule has 2 unspecified atom stereocenters. The molecular weight excluding hydrogens is 220 g/mol. The fourth-order valence-corrected chi connectivity index (χ4v) is 2.75. The van der Waals surface area contributed by atoms with Crippen molar-refractivity contribution in [3.63, 3.8) is 0 Å². The van der Waals surface area contributed by atoms with Gasteiger partial charge in [-0.2, -0.15) is 0 Å². The van der Waals surface area contributed by atoms with Crippen molar-refractivity contribution in [1.82, 2.24) is 4.98 Å². The molecular formula is C13H19ClN2. The van der Waals surface area contributed by atoms with Crippen molar-refractivity contribution in [1.29, 1.82) is 0 Å². The molecule has 1 aliphatic carbocycles. The lowest BCUT2D eigenvalue weighted by molar-refractivity contribution is 0.317. The van der Waals surface area contributed by atoms with Crippen LogP contribution >= 0.6 is 11.6 Å². The van der Waals surface area contributed by atoms with Crippen LogP contribution in [-0.2, 0) is 0 Å². The minimum atomic E-state index is 0.582. The molecule has 1 aromatic rings. The van der Waals surface area contributed by atoms with E-state index in [9.17, 15) is 0 Å². The van der Waals surface area contributed by atoms with Gasteiger partial charge < -0.3 is 5.32 Å². The van der Waals surface area contributed by atoms with Crippen molar-refractivity contribution in [3.8, 4) is 0 Å². The van der Waals surface area contributed by atoms with Gasteiger partial charge >= 0.3 is 0 Å². The summed E-state index contributed by atoms with van der Waals surface area (Å²) in [6, 6.07) is 2.54. The van der Waals surface area contributed by atoms with E-state index in [1.807, 2.05) is 6.07 Å². The summed E-state index contributed by atoms with van der Waals surface area (Å²) in [4.78, 5) is 4.01. The quantitative estimate of drug-likeness (QED) is 0.857. The summed E-state index contributed by atoms with van der Waals surface area (Å²) in [5, 5.41) is 4.30. The molecule has 1 heterocycles. The van der Waals surface area contributed by atoms with Gasteiger partial charge in [0.1, 0.15) is 0 Å². The van der Waals surface area contributed by atoms with Crippen LogP contribution in [0.15, 0.2) is 18.5 Å². The Balaban J connectivity index is 2.05. The molecule has 2 atom stereocenters. The molecule has 16 heavy (non-hydrogen) atoms. The summed E-state index contributed by atoms with van der Waals surface area (Å²) in [6.07, 6.45) is 10.1. The monoisotopic (exact) mass is 238 g/mol. The second kappa shape index (κ2) is 5.53. The third-order valence-electron chi connectivity index (χ3n) is 3.55. The van der Waals surface area contributed by atoms with Crippen LogP contribution in [0.2, 0.25) is 5.02 Å². The molecule has 1 N–H and O–H groups in total. The topological polar surface area (TPSA) is 24.9 Å². The first-order valence-corrected chi connectivity index (χ1v) is 6.55. The Labute approximate surface area is 102 Å². The molecule has 0 radical (unpaired) electrons. The summed E-state index contributed by atoms with van der Waals surface area (Å²) >= 11 is 6.11. The van der Waals surface area contributed by atoms with Gasteiger partial charge in [-0.3, -0.25) is 4.98 Å². The fraction of sp³-hybridized carbons (Fsp3) is 0.615. The van der Waals surface area contributed by atoms with Gasteiger partial charge in [-0.1, -0.05) is 37.8 Å². The molecule has 1 saturated carbocycles. The maximum absolute atomic E-state index is 6.11. The standard InChI is InChI=1S/C13H19ClN2/c1-2-10-5-3-4-6-12(10)16-13-7-8-15-9-11(13)14/h7-10,12H,2-6H2,1H3,(H,15,16). The molecule has 2 rings (SSSR count). The average Bonchev–Trinajstić information content (AvgIpc) is 2.33. The third kappa shape index (κ3) is 2.67. The molecule has 3 heteroatoms. The van der Waals surface area contributed by atoms with Crippen molar-refractivity contribution in [2.45, 2.75) is 45.1 Å². The molecule has 0 saturated heterocycles. The fourth-order valence-electron chi connectivity index (χ4n) is 2.58. The predicted molar refractivity (Wildman–Crippen MR) is 68.9 cm³/mol. The van der Waals surface area contributed by atoms with Gasteiger partial charge in [0.05, 0.1) is 10.7 Å². The summed E-state index contributed by atoms with van der Waals surface area (Å²) in [6.45, 7) is 2.28. The third-order valence-corrected chi connectivity index (χ3v) is 3.85. The Hall–Kier alpha value is -0.760. The van der Waals surface area contributed by atoms with Crippen LogP contribution in [-0.4, -0.2) is 11.0 Å². The highest BCUT2D eigenvalue weighted by Crippen LogP contribution is 2.31. The summed E-state index contributed by atoms with van der Waals surface area (Å²) in [5.41, 5.74) is 1.03. The molecule has 0 aromatic carbocycles. The van der Waals surface area contributed by atoms with E-state index >= 15 is 0 Å². The van der Waals surface area contributed by atoms with E-state index in [4.69, 9.17) is 11.6 Å². The molecule has 1 aromatic heterocycles. The van der Waals surface area contributed by atoms with E-state index < -0.39 is 0 Å². The highest BCUT2D eigenvalue weighted by Gasteiger charge is 2.23. The Morgan fingerprint density at radius 2 is 2.25 bits per heavy atom. The molecule has 1 fully saturated rings. The Bertz CT molecular complexity index is 340. The molecule has 0 amide bonds. The lowest BCUT2D eigenvalue weighted by Gasteiger charge is -2.32. The smallest absolute Gasteiger partial charge is 0.0820 e. The van der Waals surface area contributed by atoms with E-state index in [0.717, 1.165) is 16.6 Å². The first-order chi connectivity index (χ1) is 7.81. The van der Waals surface area contributed by atoms with Gasteiger partial charge in [-0.05, 0) is 24.8 Å². The minimum Gasteiger partial charge on any atom is -0.381 e. The van der Waals surface area contributed by atoms with E-state index in [0.29, 0.717) is 6.04 Å². The van der Waals surface area contributed by atoms with Gasteiger partial charge in [-0.25, -0.2) is 0 Å². The van der Waals surface area contributed by atoms with Crippen molar-refractivity contribution in [2.24, 2.45) is 5.92 Å². The van der Waals surface area contributed by atoms with Gasteiger partial charge in [0.15, 0.2) is 0 Å². The maximum atomic E-state index is 6.11. The number of pyridine rings is 1. The highest BCUT2D eigenvalue weighted by molar-refractivity contribution is 6.33. The van der Waals surface area contributed by atoms with Crippen molar-refractivity contribution in [3.05, 3.63) is 23.5 Å². The summed E-state index contributed by atoms with van der Waals surface area (Å²) in [5.74, 6) is 0.790. The van der Waals surface area contributed by atoms with Crippen LogP contribution in [0, 0.1) is 5.92 Å². The molecule has 0 bridgehead atoms. The van der Waals surface area contributed by atoms with Crippen LogP contribution in [0.25, 0.3) is 0 Å². The van der Waals surface area contributed by atoms with Gasteiger partial charge in [0.25, 0.3) is 0 Å². The number of hydrogen-bond acceptors (Lipinski definition) is 2. The molecule has 88 valence electrons. The molecule has 2 nitrogen and oxygen atoms in total.